The van der Waals surface area contributed by atoms with E-state index in [2.05, 4.69) is 14.9 Å². The second-order valence-corrected chi connectivity index (χ2v) is 7.36. The molecule has 0 aliphatic carbocycles. The number of hydrogen-bond donors (Lipinski definition) is 0. The Hall–Kier alpha value is -3.55. The number of rotatable bonds is 7. The number of aryl methyl sites for hydroxylation is 1. The van der Waals surface area contributed by atoms with Gasteiger partial charge in [0, 0.05) is 69.1 Å². The molecule has 3 heterocycles. The van der Waals surface area contributed by atoms with Crippen LogP contribution in [0.3, 0.4) is 0 Å². The molecule has 2 aromatic heterocycles. The van der Waals surface area contributed by atoms with Crippen molar-refractivity contribution in [3.05, 3.63) is 66.2 Å². The lowest BCUT2D eigenvalue weighted by molar-refractivity contribution is 0.0745. The summed E-state index contributed by atoms with van der Waals surface area (Å²) in [5.74, 6) is 2.12. The number of ether oxygens (including phenoxy) is 2. The van der Waals surface area contributed by atoms with Crippen LogP contribution in [0.1, 0.15) is 22.8 Å². The molecule has 0 bridgehead atoms. The molecule has 0 unspecified atom stereocenters. The van der Waals surface area contributed by atoms with E-state index >= 15 is 0 Å². The van der Waals surface area contributed by atoms with E-state index in [-0.39, 0.29) is 5.91 Å². The van der Waals surface area contributed by atoms with Gasteiger partial charge in [0.2, 0.25) is 5.95 Å². The van der Waals surface area contributed by atoms with E-state index in [4.69, 9.17) is 9.47 Å². The maximum absolute atomic E-state index is 13.1. The molecule has 1 fully saturated rings. The van der Waals surface area contributed by atoms with Gasteiger partial charge in [-0.25, -0.2) is 4.98 Å². The van der Waals surface area contributed by atoms with Gasteiger partial charge in [0.15, 0.2) is 11.5 Å². The third kappa shape index (κ3) is 4.79. The lowest BCUT2D eigenvalue weighted by Crippen LogP contribution is -2.49. The van der Waals surface area contributed by atoms with Gasteiger partial charge in [0.25, 0.3) is 5.91 Å². The molecular weight excluding hydrogens is 394 g/mol. The Morgan fingerprint density at radius 2 is 1.90 bits per heavy atom. The number of pyridine rings is 1. The molecule has 8 nitrogen and oxygen atoms in total. The summed E-state index contributed by atoms with van der Waals surface area (Å²) in [7, 11) is 1.98. The average molecular weight is 422 g/mol. The zero-order valence-electron chi connectivity index (χ0n) is 17.9. The summed E-state index contributed by atoms with van der Waals surface area (Å²) >= 11 is 0. The van der Waals surface area contributed by atoms with E-state index in [1.54, 1.807) is 36.8 Å². The largest absolute Gasteiger partial charge is 0.490 e. The summed E-state index contributed by atoms with van der Waals surface area (Å²) < 4.78 is 13.7. The molecule has 0 saturated carbocycles. The van der Waals surface area contributed by atoms with E-state index in [0.29, 0.717) is 43.4 Å². The van der Waals surface area contributed by atoms with Crippen LogP contribution in [0.5, 0.6) is 11.5 Å². The van der Waals surface area contributed by atoms with Crippen LogP contribution >= 0.6 is 0 Å². The number of imidazole rings is 1. The Kier molecular flexibility index (Phi) is 6.35. The molecule has 1 aliphatic heterocycles. The molecule has 1 aliphatic rings. The normalized spacial score (nSPS) is 13.9. The van der Waals surface area contributed by atoms with Crippen molar-refractivity contribution in [1.82, 2.24) is 19.4 Å². The first-order valence-electron chi connectivity index (χ1n) is 10.5. The Morgan fingerprint density at radius 1 is 1.06 bits per heavy atom. The van der Waals surface area contributed by atoms with Gasteiger partial charge < -0.3 is 23.8 Å². The number of aromatic nitrogens is 3. The molecular formula is C23H27N5O3. The van der Waals surface area contributed by atoms with Gasteiger partial charge in [-0.15, -0.1) is 0 Å². The predicted molar refractivity (Wildman–Crippen MR) is 118 cm³/mol. The molecule has 31 heavy (non-hydrogen) atoms. The van der Waals surface area contributed by atoms with Gasteiger partial charge in [-0.1, -0.05) is 6.07 Å². The fourth-order valence-electron chi connectivity index (χ4n) is 3.63. The van der Waals surface area contributed by atoms with Gasteiger partial charge in [-0.3, -0.25) is 9.78 Å². The van der Waals surface area contributed by atoms with Crippen LogP contribution in [0.4, 0.5) is 5.95 Å². The zero-order valence-corrected chi connectivity index (χ0v) is 17.9. The molecule has 8 heteroatoms. The number of hydrogen-bond acceptors (Lipinski definition) is 6. The topological polar surface area (TPSA) is 72.7 Å². The highest BCUT2D eigenvalue weighted by molar-refractivity contribution is 5.95. The number of piperazine rings is 1. The van der Waals surface area contributed by atoms with Crippen LogP contribution in [-0.4, -0.2) is 58.1 Å². The molecule has 0 atom stereocenters. The van der Waals surface area contributed by atoms with Crippen molar-refractivity contribution in [2.75, 3.05) is 37.7 Å². The molecule has 0 spiro atoms. The van der Waals surface area contributed by atoms with E-state index in [0.717, 1.165) is 24.6 Å². The third-order valence-corrected chi connectivity index (χ3v) is 5.25. The van der Waals surface area contributed by atoms with Crippen LogP contribution in [0, 0.1) is 0 Å². The molecule has 1 aromatic carbocycles. The van der Waals surface area contributed by atoms with Crippen molar-refractivity contribution < 1.29 is 14.3 Å². The van der Waals surface area contributed by atoms with E-state index in [9.17, 15) is 4.79 Å². The first-order valence-corrected chi connectivity index (χ1v) is 10.5. The minimum atomic E-state index is -0.000692. The third-order valence-electron chi connectivity index (χ3n) is 5.25. The van der Waals surface area contributed by atoms with Crippen LogP contribution < -0.4 is 14.4 Å². The fraction of sp³-hybridized carbons (Fsp3) is 0.348. The minimum Gasteiger partial charge on any atom is -0.490 e. The Bertz CT molecular complexity index is 1010. The van der Waals surface area contributed by atoms with Gasteiger partial charge >= 0.3 is 0 Å². The number of nitrogens with zero attached hydrogens (tertiary/aromatic N) is 5. The predicted octanol–water partition coefficient (Wildman–Crippen LogP) is 2.76. The summed E-state index contributed by atoms with van der Waals surface area (Å²) in [5.41, 5.74) is 1.57. The number of anilines is 1. The number of carbonyl (C=O) groups excluding carboxylic acids is 1. The second-order valence-electron chi connectivity index (χ2n) is 7.36. The SMILES string of the molecule is CCOc1cc(C(=O)N2CCN(c3nccn3C)CC2)ccc1OCc1cccnc1. The van der Waals surface area contributed by atoms with Gasteiger partial charge in [0.1, 0.15) is 6.61 Å². The lowest BCUT2D eigenvalue weighted by Gasteiger charge is -2.35. The summed E-state index contributed by atoms with van der Waals surface area (Å²) in [6, 6.07) is 9.20. The van der Waals surface area contributed by atoms with Crippen molar-refractivity contribution in [1.29, 1.82) is 0 Å². The number of benzene rings is 1. The molecule has 4 rings (SSSR count). The van der Waals surface area contributed by atoms with Gasteiger partial charge in [-0.05, 0) is 31.2 Å². The van der Waals surface area contributed by atoms with Crippen LogP contribution in [0.25, 0.3) is 0 Å². The van der Waals surface area contributed by atoms with Crippen molar-refractivity contribution in [2.24, 2.45) is 7.05 Å². The molecule has 0 radical (unpaired) electrons. The highest BCUT2D eigenvalue weighted by Gasteiger charge is 2.24. The van der Waals surface area contributed by atoms with Crippen molar-refractivity contribution in [2.45, 2.75) is 13.5 Å². The smallest absolute Gasteiger partial charge is 0.254 e. The first-order chi connectivity index (χ1) is 15.2. The maximum Gasteiger partial charge on any atom is 0.254 e. The quantitative estimate of drug-likeness (QED) is 0.584. The molecule has 3 aromatic rings. The molecule has 0 N–H and O–H groups in total. The highest BCUT2D eigenvalue weighted by atomic mass is 16.5. The molecule has 162 valence electrons. The van der Waals surface area contributed by atoms with Gasteiger partial charge in [-0.2, -0.15) is 0 Å². The summed E-state index contributed by atoms with van der Waals surface area (Å²) in [6.07, 6.45) is 7.22. The fourth-order valence-corrected chi connectivity index (χ4v) is 3.63. The van der Waals surface area contributed by atoms with Gasteiger partial charge in [0.05, 0.1) is 6.61 Å². The van der Waals surface area contributed by atoms with Crippen molar-refractivity contribution in [3.8, 4) is 11.5 Å². The monoisotopic (exact) mass is 421 g/mol. The number of carbonyl (C=O) groups is 1. The Labute approximate surface area is 182 Å². The van der Waals surface area contributed by atoms with E-state index in [1.165, 1.54) is 0 Å². The van der Waals surface area contributed by atoms with Crippen LogP contribution in [0.15, 0.2) is 55.1 Å². The standard InChI is InChI=1S/C23H27N5O3/c1-3-30-21-15-19(6-7-20(21)31-17-18-5-4-8-24-16-18)22(29)27-11-13-28(14-12-27)23-25-9-10-26(23)2/h4-10,15-16H,3,11-14,17H2,1-2H3. The first kappa shape index (κ1) is 20.7. The zero-order chi connectivity index (χ0) is 21.6. The van der Waals surface area contributed by atoms with Crippen molar-refractivity contribution >= 4 is 11.9 Å². The van der Waals surface area contributed by atoms with E-state index < -0.39 is 0 Å². The second kappa shape index (κ2) is 9.51. The molecule has 1 amide bonds. The molecule has 1 saturated heterocycles. The maximum atomic E-state index is 13.1. The number of amides is 1. The Balaban J connectivity index is 1.42. The summed E-state index contributed by atoms with van der Waals surface area (Å²) in [6.45, 7) is 5.59. The van der Waals surface area contributed by atoms with Crippen LogP contribution in [0.2, 0.25) is 0 Å². The van der Waals surface area contributed by atoms with E-state index in [1.807, 2.05) is 41.8 Å². The highest BCUT2D eigenvalue weighted by Crippen LogP contribution is 2.30. The average Bonchev–Trinajstić information content (AvgIpc) is 3.24. The minimum absolute atomic E-state index is 0.000692. The summed E-state index contributed by atoms with van der Waals surface area (Å²) in [4.78, 5) is 25.7. The lowest BCUT2D eigenvalue weighted by atomic mass is 10.1. The summed E-state index contributed by atoms with van der Waals surface area (Å²) in [5, 5.41) is 0. The van der Waals surface area contributed by atoms with Crippen LogP contribution in [-0.2, 0) is 13.7 Å². The Morgan fingerprint density at radius 3 is 2.58 bits per heavy atom. The van der Waals surface area contributed by atoms with Crippen molar-refractivity contribution in [3.63, 3.8) is 0 Å².